The minimum Gasteiger partial charge on any atom is -0.326 e. The average Bonchev–Trinajstić information content (AvgIpc) is 2.86. The van der Waals surface area contributed by atoms with Crippen molar-refractivity contribution in [3.63, 3.8) is 0 Å². The minimum atomic E-state index is -3.28. The fourth-order valence-corrected chi connectivity index (χ4v) is 5.48. The first-order valence-corrected chi connectivity index (χ1v) is 10.1. The van der Waals surface area contributed by atoms with E-state index in [9.17, 15) is 8.42 Å². The van der Waals surface area contributed by atoms with Gasteiger partial charge in [0, 0.05) is 17.8 Å². The molecular formula is C15H24N2O2S2. The first-order valence-electron chi connectivity index (χ1n) is 7.43. The van der Waals surface area contributed by atoms with Crippen LogP contribution in [-0.4, -0.2) is 25.5 Å². The van der Waals surface area contributed by atoms with Crippen molar-refractivity contribution in [1.29, 1.82) is 0 Å². The Balaban J connectivity index is 1.97. The Morgan fingerprint density at radius 2 is 1.90 bits per heavy atom. The first kappa shape index (κ1) is 16.8. The molecule has 0 radical (unpaired) electrons. The Labute approximate surface area is 131 Å². The molecule has 21 heavy (non-hydrogen) atoms. The van der Waals surface area contributed by atoms with E-state index in [0.29, 0.717) is 11.8 Å². The van der Waals surface area contributed by atoms with Gasteiger partial charge < -0.3 is 5.73 Å². The molecule has 4 nitrogen and oxygen atoms in total. The van der Waals surface area contributed by atoms with Crippen molar-refractivity contribution < 1.29 is 8.42 Å². The predicted molar refractivity (Wildman–Crippen MR) is 89.7 cm³/mol. The molecule has 0 heterocycles. The lowest BCUT2D eigenvalue weighted by Gasteiger charge is -2.20. The largest absolute Gasteiger partial charge is 0.326 e. The maximum absolute atomic E-state index is 12.3. The molecule has 6 heteroatoms. The van der Waals surface area contributed by atoms with Gasteiger partial charge in [0.2, 0.25) is 10.0 Å². The average molecular weight is 329 g/mol. The molecule has 0 bridgehead atoms. The number of nitrogens with two attached hydrogens (primary N) is 1. The molecule has 0 aromatic heterocycles. The smallest absolute Gasteiger partial charge is 0.216 e. The zero-order valence-electron chi connectivity index (χ0n) is 12.4. The highest BCUT2D eigenvalue weighted by Gasteiger charge is 2.30. The highest BCUT2D eigenvalue weighted by atomic mass is 32.2. The van der Waals surface area contributed by atoms with Crippen molar-refractivity contribution >= 4 is 21.8 Å². The number of rotatable bonds is 7. The summed E-state index contributed by atoms with van der Waals surface area (Å²) in [6.45, 7) is 2.59. The number of hydrogen-bond acceptors (Lipinski definition) is 4. The van der Waals surface area contributed by atoms with Crippen molar-refractivity contribution in [1.82, 2.24) is 4.72 Å². The van der Waals surface area contributed by atoms with Gasteiger partial charge in [-0.3, -0.25) is 0 Å². The van der Waals surface area contributed by atoms with Crippen LogP contribution in [0.2, 0.25) is 0 Å². The summed E-state index contributed by atoms with van der Waals surface area (Å²) >= 11 is 1.86. The van der Waals surface area contributed by atoms with Crippen LogP contribution < -0.4 is 10.5 Å². The van der Waals surface area contributed by atoms with E-state index in [1.54, 1.807) is 0 Å². The zero-order valence-corrected chi connectivity index (χ0v) is 14.1. The maximum atomic E-state index is 12.3. The van der Waals surface area contributed by atoms with Crippen molar-refractivity contribution in [2.24, 2.45) is 5.73 Å². The lowest BCUT2D eigenvalue weighted by Crippen LogP contribution is -2.39. The van der Waals surface area contributed by atoms with Gasteiger partial charge in [-0.2, -0.15) is 11.8 Å². The predicted octanol–water partition coefficient (Wildman–Crippen LogP) is 2.24. The van der Waals surface area contributed by atoms with Crippen LogP contribution in [0.4, 0.5) is 0 Å². The lowest BCUT2D eigenvalue weighted by atomic mass is 10.1. The van der Waals surface area contributed by atoms with Crippen LogP contribution in [0, 0.1) is 0 Å². The Hall–Kier alpha value is -0.560. The van der Waals surface area contributed by atoms with E-state index in [2.05, 4.69) is 11.6 Å². The standard InChI is InChI=1S/C15H24N2O2S2/c1-2-20-15-5-3-4-14(15)17-21(18,19)11-13-8-6-12(10-16)7-9-13/h6-9,14-15,17H,2-5,10-11,16H2,1H3. The van der Waals surface area contributed by atoms with Crippen molar-refractivity contribution in [2.75, 3.05) is 5.75 Å². The fourth-order valence-electron chi connectivity index (χ4n) is 2.74. The third-order valence-corrected chi connectivity index (χ3v) is 6.48. The van der Waals surface area contributed by atoms with E-state index in [0.717, 1.165) is 36.1 Å². The molecule has 3 N–H and O–H groups in total. The summed E-state index contributed by atoms with van der Waals surface area (Å²) in [7, 11) is -3.28. The van der Waals surface area contributed by atoms with E-state index < -0.39 is 10.0 Å². The molecule has 1 aliphatic carbocycles. The molecule has 0 aliphatic heterocycles. The van der Waals surface area contributed by atoms with E-state index in [1.165, 1.54) is 0 Å². The topological polar surface area (TPSA) is 72.2 Å². The van der Waals surface area contributed by atoms with Crippen molar-refractivity contribution in [3.05, 3.63) is 35.4 Å². The van der Waals surface area contributed by atoms with Gasteiger partial charge in [0.1, 0.15) is 0 Å². The number of benzene rings is 1. The summed E-state index contributed by atoms with van der Waals surface area (Å²) in [5.74, 6) is 1.07. The molecule has 1 aromatic carbocycles. The van der Waals surface area contributed by atoms with E-state index >= 15 is 0 Å². The van der Waals surface area contributed by atoms with Gasteiger partial charge in [0.25, 0.3) is 0 Å². The molecular weight excluding hydrogens is 304 g/mol. The Bertz CT molecular complexity index is 543. The van der Waals surface area contributed by atoms with Crippen LogP contribution >= 0.6 is 11.8 Å². The van der Waals surface area contributed by atoms with E-state index in [1.807, 2.05) is 36.0 Å². The van der Waals surface area contributed by atoms with E-state index in [-0.39, 0.29) is 11.8 Å². The third kappa shape index (κ3) is 4.98. The first-order chi connectivity index (χ1) is 10.0. The molecule has 2 rings (SSSR count). The third-order valence-electron chi connectivity index (χ3n) is 3.78. The summed E-state index contributed by atoms with van der Waals surface area (Å²) in [5.41, 5.74) is 7.36. The highest BCUT2D eigenvalue weighted by Crippen LogP contribution is 2.30. The molecule has 1 saturated carbocycles. The number of hydrogen-bond donors (Lipinski definition) is 2. The molecule has 0 amide bonds. The Morgan fingerprint density at radius 3 is 2.52 bits per heavy atom. The SMILES string of the molecule is CCSC1CCCC1NS(=O)(=O)Cc1ccc(CN)cc1. The fraction of sp³-hybridized carbons (Fsp3) is 0.600. The van der Waals surface area contributed by atoms with Gasteiger partial charge in [-0.05, 0) is 29.7 Å². The Morgan fingerprint density at radius 1 is 1.24 bits per heavy atom. The van der Waals surface area contributed by atoms with Gasteiger partial charge in [-0.15, -0.1) is 0 Å². The zero-order chi connectivity index (χ0) is 15.3. The normalized spacial score (nSPS) is 22.6. The van der Waals surface area contributed by atoms with E-state index in [4.69, 9.17) is 5.73 Å². The summed E-state index contributed by atoms with van der Waals surface area (Å²) in [6.07, 6.45) is 3.16. The van der Waals surface area contributed by atoms with Crippen LogP contribution in [0.5, 0.6) is 0 Å². The molecule has 0 saturated heterocycles. The molecule has 2 atom stereocenters. The molecule has 1 aliphatic rings. The quantitative estimate of drug-likeness (QED) is 0.805. The van der Waals surface area contributed by atoms with Gasteiger partial charge in [-0.25, -0.2) is 13.1 Å². The number of sulfonamides is 1. The van der Waals surface area contributed by atoms with Crippen LogP contribution in [0.15, 0.2) is 24.3 Å². The monoisotopic (exact) mass is 328 g/mol. The molecule has 1 fully saturated rings. The second kappa shape index (κ2) is 7.63. The summed E-state index contributed by atoms with van der Waals surface area (Å²) in [6, 6.07) is 7.54. The minimum absolute atomic E-state index is 0.0395. The Kier molecular flexibility index (Phi) is 6.10. The van der Waals surface area contributed by atoms with Gasteiger partial charge in [0.05, 0.1) is 5.75 Å². The van der Waals surface area contributed by atoms with Crippen molar-refractivity contribution in [2.45, 2.75) is 49.8 Å². The lowest BCUT2D eigenvalue weighted by molar-refractivity contribution is 0.554. The second-order valence-electron chi connectivity index (χ2n) is 5.43. The molecule has 2 unspecified atom stereocenters. The molecule has 118 valence electrons. The van der Waals surface area contributed by atoms with Gasteiger partial charge in [0.15, 0.2) is 0 Å². The second-order valence-corrected chi connectivity index (χ2v) is 8.70. The summed E-state index contributed by atoms with van der Waals surface area (Å²) in [4.78, 5) is 0. The highest BCUT2D eigenvalue weighted by molar-refractivity contribution is 8.00. The van der Waals surface area contributed by atoms with Crippen LogP contribution in [-0.2, 0) is 22.3 Å². The van der Waals surface area contributed by atoms with Crippen molar-refractivity contribution in [3.8, 4) is 0 Å². The van der Waals surface area contributed by atoms with Crippen LogP contribution in [0.25, 0.3) is 0 Å². The molecule has 0 spiro atoms. The van der Waals surface area contributed by atoms with Crippen LogP contribution in [0.3, 0.4) is 0 Å². The number of nitrogens with one attached hydrogen (secondary N) is 1. The summed E-state index contributed by atoms with van der Waals surface area (Å²) in [5, 5.41) is 0.421. The summed E-state index contributed by atoms with van der Waals surface area (Å²) < 4.78 is 27.5. The molecule has 1 aromatic rings. The number of thioether (sulfide) groups is 1. The van der Waals surface area contributed by atoms with Gasteiger partial charge in [-0.1, -0.05) is 37.6 Å². The van der Waals surface area contributed by atoms with Gasteiger partial charge >= 0.3 is 0 Å². The maximum Gasteiger partial charge on any atom is 0.216 e. The van der Waals surface area contributed by atoms with Crippen LogP contribution in [0.1, 0.15) is 37.3 Å².